The number of hydrogen-bond donors (Lipinski definition) is 3. The van der Waals surface area contributed by atoms with Crippen molar-refractivity contribution in [2.75, 3.05) is 18.4 Å². The molecule has 1 saturated carbocycles. The molecule has 0 spiro atoms. The first-order valence-corrected chi connectivity index (χ1v) is 7.58. The van der Waals surface area contributed by atoms with Crippen LogP contribution < -0.4 is 10.6 Å². The van der Waals surface area contributed by atoms with Crippen LogP contribution in [0.4, 0.5) is 10.6 Å². The average Bonchev–Trinajstić information content (AvgIpc) is 3.22. The van der Waals surface area contributed by atoms with Crippen LogP contribution in [-0.4, -0.2) is 34.9 Å². The highest BCUT2D eigenvalue weighted by Crippen LogP contribution is 2.45. The van der Waals surface area contributed by atoms with Crippen molar-refractivity contribution < 1.29 is 14.6 Å². The first-order chi connectivity index (χ1) is 10.3. The smallest absolute Gasteiger partial charge is 0.407 e. The van der Waals surface area contributed by atoms with E-state index in [0.29, 0.717) is 6.54 Å². The molecular weight excluding hydrogens is 282 g/mol. The van der Waals surface area contributed by atoms with E-state index in [1.54, 1.807) is 12.3 Å². The molecule has 1 amide bonds. The summed E-state index contributed by atoms with van der Waals surface area (Å²) < 4.78 is 5.24. The highest BCUT2D eigenvalue weighted by molar-refractivity contribution is 5.67. The van der Waals surface area contributed by atoms with Crippen LogP contribution in [0.1, 0.15) is 39.2 Å². The Morgan fingerprint density at radius 2 is 2.14 bits per heavy atom. The maximum absolute atomic E-state index is 11.7. The normalized spacial score (nSPS) is 16.0. The number of aromatic nitrogens is 1. The molecule has 0 aliphatic heterocycles. The summed E-state index contributed by atoms with van der Waals surface area (Å²) in [6.07, 6.45) is 3.43. The summed E-state index contributed by atoms with van der Waals surface area (Å²) in [5.41, 5.74) is 0.427. The fourth-order valence-electron chi connectivity index (χ4n) is 2.11. The Labute approximate surface area is 131 Å². The van der Waals surface area contributed by atoms with E-state index in [9.17, 15) is 4.79 Å². The quantitative estimate of drug-likeness (QED) is 0.751. The number of ether oxygens (including phenoxy) is 1. The lowest BCUT2D eigenvalue weighted by Gasteiger charge is -2.22. The average molecular weight is 307 g/mol. The van der Waals surface area contributed by atoms with Crippen LogP contribution in [-0.2, 0) is 11.3 Å². The zero-order chi connectivity index (χ0) is 16.2. The molecule has 6 nitrogen and oxygen atoms in total. The summed E-state index contributed by atoms with van der Waals surface area (Å²) in [6, 6.07) is 3.61. The molecule has 1 heterocycles. The summed E-state index contributed by atoms with van der Waals surface area (Å²) in [6.45, 7) is 6.88. The Morgan fingerprint density at radius 1 is 1.41 bits per heavy atom. The van der Waals surface area contributed by atoms with Gasteiger partial charge in [0.2, 0.25) is 0 Å². The number of alkyl carbamates (subject to hydrolysis) is 1. The van der Waals surface area contributed by atoms with Gasteiger partial charge in [0.05, 0.1) is 6.61 Å². The molecule has 0 radical (unpaired) electrons. The van der Waals surface area contributed by atoms with Gasteiger partial charge in [-0.3, -0.25) is 0 Å². The van der Waals surface area contributed by atoms with Crippen LogP contribution in [0.15, 0.2) is 18.3 Å². The number of aliphatic hydroxyl groups excluding tert-OH is 1. The maximum atomic E-state index is 11.7. The molecule has 1 aromatic heterocycles. The number of carbonyl (C=O) groups excluding carboxylic acids is 1. The Bertz CT molecular complexity index is 522. The molecule has 22 heavy (non-hydrogen) atoms. The van der Waals surface area contributed by atoms with Crippen LogP contribution in [0, 0.1) is 5.41 Å². The van der Waals surface area contributed by atoms with Gasteiger partial charge in [0.25, 0.3) is 0 Å². The van der Waals surface area contributed by atoms with Gasteiger partial charge in [0, 0.05) is 24.7 Å². The number of anilines is 1. The SMILES string of the molecule is CC(C)(C)OC(=O)NCC1(CNc2cc(CO)ccn2)CC1. The molecule has 0 atom stereocenters. The molecule has 1 aromatic rings. The summed E-state index contributed by atoms with van der Waals surface area (Å²) in [4.78, 5) is 15.9. The maximum Gasteiger partial charge on any atom is 0.407 e. The molecule has 1 aliphatic carbocycles. The van der Waals surface area contributed by atoms with Gasteiger partial charge in [-0.2, -0.15) is 0 Å². The van der Waals surface area contributed by atoms with E-state index in [-0.39, 0.29) is 18.1 Å². The number of pyridine rings is 1. The van der Waals surface area contributed by atoms with Crippen molar-refractivity contribution in [1.82, 2.24) is 10.3 Å². The van der Waals surface area contributed by atoms with E-state index in [1.165, 1.54) is 0 Å². The largest absolute Gasteiger partial charge is 0.444 e. The third-order valence-electron chi connectivity index (χ3n) is 3.62. The van der Waals surface area contributed by atoms with Gasteiger partial charge in [0.1, 0.15) is 11.4 Å². The first-order valence-electron chi connectivity index (χ1n) is 7.58. The second-order valence-electron chi connectivity index (χ2n) is 6.92. The Kier molecular flexibility index (Phi) is 4.90. The van der Waals surface area contributed by atoms with Crippen LogP contribution in [0.5, 0.6) is 0 Å². The van der Waals surface area contributed by atoms with E-state index in [1.807, 2.05) is 26.8 Å². The highest BCUT2D eigenvalue weighted by Gasteiger charge is 2.42. The molecule has 0 unspecified atom stereocenters. The number of carbonyl (C=O) groups is 1. The van der Waals surface area contributed by atoms with E-state index in [2.05, 4.69) is 15.6 Å². The van der Waals surface area contributed by atoms with Crippen molar-refractivity contribution in [3.8, 4) is 0 Å². The fourth-order valence-corrected chi connectivity index (χ4v) is 2.11. The van der Waals surface area contributed by atoms with E-state index in [0.717, 1.165) is 30.8 Å². The topological polar surface area (TPSA) is 83.5 Å². The molecule has 2 rings (SSSR count). The number of nitrogens with zero attached hydrogens (tertiary/aromatic N) is 1. The van der Waals surface area contributed by atoms with Gasteiger partial charge < -0.3 is 20.5 Å². The van der Waals surface area contributed by atoms with Crippen molar-refractivity contribution in [3.63, 3.8) is 0 Å². The third-order valence-corrected chi connectivity index (χ3v) is 3.62. The van der Waals surface area contributed by atoms with E-state index < -0.39 is 5.60 Å². The van der Waals surface area contributed by atoms with Crippen LogP contribution in [0.3, 0.4) is 0 Å². The van der Waals surface area contributed by atoms with Crippen LogP contribution in [0.2, 0.25) is 0 Å². The lowest BCUT2D eigenvalue weighted by Crippen LogP contribution is -2.37. The Hall–Kier alpha value is -1.82. The zero-order valence-electron chi connectivity index (χ0n) is 13.5. The van der Waals surface area contributed by atoms with E-state index >= 15 is 0 Å². The van der Waals surface area contributed by atoms with Crippen LogP contribution >= 0.6 is 0 Å². The lowest BCUT2D eigenvalue weighted by atomic mass is 10.1. The van der Waals surface area contributed by atoms with Crippen molar-refractivity contribution >= 4 is 11.9 Å². The highest BCUT2D eigenvalue weighted by atomic mass is 16.6. The van der Waals surface area contributed by atoms with Crippen molar-refractivity contribution in [2.24, 2.45) is 5.41 Å². The monoisotopic (exact) mass is 307 g/mol. The third kappa shape index (κ3) is 5.18. The standard InChI is InChI=1S/C16H25N3O3/c1-15(2,3)22-14(21)19-11-16(5-6-16)10-18-13-8-12(9-20)4-7-17-13/h4,7-8,20H,5-6,9-11H2,1-3H3,(H,17,18)(H,19,21). The van der Waals surface area contributed by atoms with Gasteiger partial charge in [-0.05, 0) is 51.3 Å². The predicted molar refractivity (Wildman–Crippen MR) is 84.6 cm³/mol. The second-order valence-corrected chi connectivity index (χ2v) is 6.92. The Morgan fingerprint density at radius 3 is 2.73 bits per heavy atom. The molecule has 122 valence electrons. The molecule has 0 saturated heterocycles. The number of aliphatic hydroxyl groups is 1. The zero-order valence-corrected chi connectivity index (χ0v) is 13.5. The summed E-state index contributed by atoms with van der Waals surface area (Å²) >= 11 is 0. The predicted octanol–water partition coefficient (Wildman–Crippen LogP) is 2.29. The summed E-state index contributed by atoms with van der Waals surface area (Å²) in [5, 5.41) is 15.2. The fraction of sp³-hybridized carbons (Fsp3) is 0.625. The molecule has 3 N–H and O–H groups in total. The minimum Gasteiger partial charge on any atom is -0.444 e. The summed E-state index contributed by atoms with van der Waals surface area (Å²) in [5.74, 6) is 0.745. The number of rotatable bonds is 6. The lowest BCUT2D eigenvalue weighted by molar-refractivity contribution is 0.0517. The minimum atomic E-state index is -0.478. The van der Waals surface area contributed by atoms with Crippen molar-refractivity contribution in [3.05, 3.63) is 23.9 Å². The molecular formula is C16H25N3O3. The number of hydrogen-bond acceptors (Lipinski definition) is 5. The van der Waals surface area contributed by atoms with Gasteiger partial charge in [0.15, 0.2) is 0 Å². The number of amides is 1. The molecule has 0 aromatic carbocycles. The van der Waals surface area contributed by atoms with Gasteiger partial charge in [-0.25, -0.2) is 9.78 Å². The minimum absolute atomic E-state index is 0.00252. The molecule has 6 heteroatoms. The van der Waals surface area contributed by atoms with Crippen molar-refractivity contribution in [2.45, 2.75) is 45.8 Å². The Balaban J connectivity index is 1.78. The molecule has 0 bridgehead atoms. The molecule has 1 fully saturated rings. The van der Waals surface area contributed by atoms with E-state index in [4.69, 9.17) is 9.84 Å². The van der Waals surface area contributed by atoms with Crippen molar-refractivity contribution in [1.29, 1.82) is 0 Å². The summed E-state index contributed by atoms with van der Waals surface area (Å²) in [7, 11) is 0. The second kappa shape index (κ2) is 6.52. The van der Waals surface area contributed by atoms with Crippen LogP contribution in [0.25, 0.3) is 0 Å². The van der Waals surface area contributed by atoms with Gasteiger partial charge in [-0.1, -0.05) is 0 Å². The first kappa shape index (κ1) is 16.5. The van der Waals surface area contributed by atoms with Gasteiger partial charge >= 0.3 is 6.09 Å². The van der Waals surface area contributed by atoms with Gasteiger partial charge in [-0.15, -0.1) is 0 Å². The number of nitrogens with one attached hydrogen (secondary N) is 2. The molecule has 1 aliphatic rings.